The maximum atomic E-state index is 11.9. The first-order chi connectivity index (χ1) is 13.5. The number of anilines is 1. The molecule has 28 heavy (non-hydrogen) atoms. The fourth-order valence-corrected chi connectivity index (χ4v) is 3.06. The number of nitrogens with zero attached hydrogens (tertiary/aromatic N) is 2. The summed E-state index contributed by atoms with van der Waals surface area (Å²) < 4.78 is 10.9. The van der Waals surface area contributed by atoms with Gasteiger partial charge in [-0.2, -0.15) is 0 Å². The van der Waals surface area contributed by atoms with Crippen molar-refractivity contribution in [1.82, 2.24) is 10.2 Å². The number of hydrogen-bond donors (Lipinski definition) is 2. The molecular formula is C20H28N4O3S. The molecule has 2 N–H and O–H groups in total. The zero-order valence-electron chi connectivity index (χ0n) is 16.8. The van der Waals surface area contributed by atoms with Gasteiger partial charge in [-0.05, 0) is 36.9 Å². The number of aliphatic imine (C=N–C) groups is 1. The Hall–Kier alpha value is -2.74. The molecule has 0 bridgehead atoms. The van der Waals surface area contributed by atoms with Crippen LogP contribution in [0.5, 0.6) is 11.5 Å². The molecule has 0 aliphatic carbocycles. The summed E-state index contributed by atoms with van der Waals surface area (Å²) in [5, 5.41) is 8.58. The van der Waals surface area contributed by atoms with E-state index in [9.17, 15) is 4.79 Å². The van der Waals surface area contributed by atoms with Gasteiger partial charge in [-0.1, -0.05) is 6.07 Å². The highest BCUT2D eigenvalue weighted by Gasteiger charge is 2.09. The van der Waals surface area contributed by atoms with E-state index in [4.69, 9.17) is 9.47 Å². The lowest BCUT2D eigenvalue weighted by Crippen LogP contribution is -2.34. The van der Waals surface area contributed by atoms with Gasteiger partial charge in [0.25, 0.3) is 0 Å². The van der Waals surface area contributed by atoms with Crippen molar-refractivity contribution in [3.63, 3.8) is 0 Å². The van der Waals surface area contributed by atoms with Gasteiger partial charge >= 0.3 is 0 Å². The Morgan fingerprint density at radius 2 is 2.07 bits per heavy atom. The van der Waals surface area contributed by atoms with Gasteiger partial charge in [-0.25, -0.2) is 4.99 Å². The Bertz CT molecular complexity index is 776. The van der Waals surface area contributed by atoms with E-state index in [1.807, 2.05) is 31.2 Å². The molecule has 1 heterocycles. The summed E-state index contributed by atoms with van der Waals surface area (Å²) in [4.78, 5) is 19.1. The Kier molecular flexibility index (Phi) is 8.61. The number of thiophene rings is 1. The molecule has 0 saturated carbocycles. The average Bonchev–Trinajstić information content (AvgIpc) is 3.19. The van der Waals surface area contributed by atoms with Crippen molar-refractivity contribution >= 4 is 28.9 Å². The lowest BCUT2D eigenvalue weighted by Gasteiger charge is -2.15. The molecule has 2 aromatic rings. The van der Waals surface area contributed by atoms with Gasteiger partial charge in [-0.15, -0.1) is 11.3 Å². The Morgan fingerprint density at radius 1 is 1.25 bits per heavy atom. The highest BCUT2D eigenvalue weighted by atomic mass is 32.1. The third-order valence-electron chi connectivity index (χ3n) is 3.84. The second-order valence-electron chi connectivity index (χ2n) is 6.13. The van der Waals surface area contributed by atoms with E-state index in [0.717, 1.165) is 12.1 Å². The molecule has 0 radical (unpaired) electrons. The number of rotatable bonds is 9. The molecule has 0 aliphatic rings. The van der Waals surface area contributed by atoms with E-state index < -0.39 is 0 Å². The van der Waals surface area contributed by atoms with Crippen LogP contribution in [0, 0.1) is 0 Å². The molecule has 8 heteroatoms. The lowest BCUT2D eigenvalue weighted by molar-refractivity contribution is -0.127. The molecule has 0 fully saturated rings. The number of carbonyl (C=O) groups is 1. The van der Waals surface area contributed by atoms with Crippen LogP contribution in [0.3, 0.4) is 0 Å². The smallest absolute Gasteiger partial charge is 0.243 e. The summed E-state index contributed by atoms with van der Waals surface area (Å²) in [6.45, 7) is 3.23. The van der Waals surface area contributed by atoms with Crippen LogP contribution in [0.1, 0.15) is 11.8 Å². The number of hydrogen-bond acceptors (Lipinski definition) is 5. The third kappa shape index (κ3) is 6.77. The van der Waals surface area contributed by atoms with Crippen LogP contribution in [0.25, 0.3) is 0 Å². The Labute approximate surface area is 170 Å². The van der Waals surface area contributed by atoms with Gasteiger partial charge in [0.2, 0.25) is 5.91 Å². The van der Waals surface area contributed by atoms with Crippen LogP contribution in [0.4, 0.5) is 5.69 Å². The van der Waals surface area contributed by atoms with Crippen molar-refractivity contribution in [3.8, 4) is 11.5 Å². The van der Waals surface area contributed by atoms with Crippen LogP contribution < -0.4 is 20.1 Å². The minimum absolute atomic E-state index is 0.0653. The first kappa shape index (κ1) is 21.6. The second kappa shape index (κ2) is 11.2. The van der Waals surface area contributed by atoms with Gasteiger partial charge in [0.05, 0.1) is 13.7 Å². The fraction of sp³-hybridized carbons (Fsp3) is 0.400. The number of methoxy groups -OCH3 is 1. The number of carbonyl (C=O) groups excluding carboxylic acids is 1. The summed E-state index contributed by atoms with van der Waals surface area (Å²) in [7, 11) is 5.04. The number of ether oxygens (including phenoxy) is 2. The van der Waals surface area contributed by atoms with Gasteiger partial charge in [-0.3, -0.25) is 4.79 Å². The van der Waals surface area contributed by atoms with E-state index in [1.165, 1.54) is 9.78 Å². The van der Waals surface area contributed by atoms with Crippen LogP contribution >= 0.6 is 11.3 Å². The van der Waals surface area contributed by atoms with Crippen LogP contribution in [0.2, 0.25) is 0 Å². The van der Waals surface area contributed by atoms with Gasteiger partial charge in [0.15, 0.2) is 17.5 Å². The second-order valence-corrected chi connectivity index (χ2v) is 7.17. The first-order valence-electron chi connectivity index (χ1n) is 9.12. The van der Waals surface area contributed by atoms with Gasteiger partial charge in [0.1, 0.15) is 6.54 Å². The summed E-state index contributed by atoms with van der Waals surface area (Å²) >= 11 is 1.72. The quantitative estimate of drug-likeness (QED) is 0.497. The maximum absolute atomic E-state index is 11.9. The highest BCUT2D eigenvalue weighted by Crippen LogP contribution is 2.30. The van der Waals surface area contributed by atoms with Crippen molar-refractivity contribution in [2.24, 2.45) is 4.99 Å². The van der Waals surface area contributed by atoms with Crippen LogP contribution in [-0.2, 0) is 11.2 Å². The van der Waals surface area contributed by atoms with Crippen molar-refractivity contribution in [2.75, 3.05) is 46.2 Å². The summed E-state index contributed by atoms with van der Waals surface area (Å²) in [5.74, 6) is 1.79. The molecule has 1 aromatic heterocycles. The molecule has 0 unspecified atom stereocenters. The van der Waals surface area contributed by atoms with Crippen LogP contribution in [-0.4, -0.2) is 57.7 Å². The third-order valence-corrected chi connectivity index (χ3v) is 4.78. The molecule has 0 saturated heterocycles. The summed E-state index contributed by atoms with van der Waals surface area (Å²) in [6.07, 6.45) is 0.882. The van der Waals surface area contributed by atoms with E-state index in [0.29, 0.717) is 30.6 Å². The summed E-state index contributed by atoms with van der Waals surface area (Å²) in [6, 6.07) is 9.71. The SMILES string of the molecule is CCOc1cc(NC(=NCC(=O)N(C)C)NCCc2cccs2)ccc1OC. The predicted molar refractivity (Wildman–Crippen MR) is 115 cm³/mol. The zero-order valence-corrected chi connectivity index (χ0v) is 17.6. The molecule has 152 valence electrons. The molecule has 2 rings (SSSR count). The number of benzene rings is 1. The monoisotopic (exact) mass is 404 g/mol. The number of nitrogens with one attached hydrogen (secondary N) is 2. The Balaban J connectivity index is 2.09. The number of guanidine groups is 1. The van der Waals surface area contributed by atoms with E-state index in [2.05, 4.69) is 27.1 Å². The largest absolute Gasteiger partial charge is 0.493 e. The van der Waals surface area contributed by atoms with E-state index in [-0.39, 0.29) is 12.5 Å². The Morgan fingerprint density at radius 3 is 2.71 bits per heavy atom. The van der Waals surface area contributed by atoms with Crippen molar-refractivity contribution in [3.05, 3.63) is 40.6 Å². The fourth-order valence-electron chi connectivity index (χ4n) is 2.35. The topological polar surface area (TPSA) is 75.2 Å². The highest BCUT2D eigenvalue weighted by molar-refractivity contribution is 7.09. The average molecular weight is 405 g/mol. The van der Waals surface area contributed by atoms with Crippen molar-refractivity contribution in [1.29, 1.82) is 0 Å². The molecule has 0 spiro atoms. The molecule has 7 nitrogen and oxygen atoms in total. The van der Waals surface area contributed by atoms with Crippen molar-refractivity contribution < 1.29 is 14.3 Å². The normalized spacial score (nSPS) is 11.1. The standard InChI is InChI=1S/C20H28N4O3S/c1-5-27-18-13-15(8-9-17(18)26-4)23-20(22-14-19(25)24(2)3)21-11-10-16-7-6-12-28-16/h6-9,12-13H,5,10-11,14H2,1-4H3,(H2,21,22,23). The van der Waals surface area contributed by atoms with E-state index in [1.54, 1.807) is 32.5 Å². The molecule has 0 atom stereocenters. The van der Waals surface area contributed by atoms with E-state index >= 15 is 0 Å². The maximum Gasteiger partial charge on any atom is 0.243 e. The summed E-state index contributed by atoms with van der Waals surface area (Å²) in [5.41, 5.74) is 0.795. The zero-order chi connectivity index (χ0) is 20.4. The lowest BCUT2D eigenvalue weighted by atomic mass is 10.2. The molecular weight excluding hydrogens is 376 g/mol. The molecule has 1 amide bonds. The first-order valence-corrected chi connectivity index (χ1v) is 10.00. The molecule has 0 aliphatic heterocycles. The van der Waals surface area contributed by atoms with Gasteiger partial charge in [0, 0.05) is 37.3 Å². The molecule has 1 aromatic carbocycles. The number of likely N-dealkylation sites (N-methyl/N-ethyl adjacent to an activating group) is 1. The predicted octanol–water partition coefficient (Wildman–Crippen LogP) is 2.84. The number of amides is 1. The van der Waals surface area contributed by atoms with Gasteiger partial charge < -0.3 is 25.0 Å². The van der Waals surface area contributed by atoms with Crippen molar-refractivity contribution in [2.45, 2.75) is 13.3 Å². The van der Waals surface area contributed by atoms with Crippen LogP contribution in [0.15, 0.2) is 40.7 Å². The minimum atomic E-state index is -0.0657. The minimum Gasteiger partial charge on any atom is -0.493 e.